The van der Waals surface area contributed by atoms with E-state index in [1.54, 1.807) is 17.1 Å². The Kier molecular flexibility index (Phi) is 5.24. The van der Waals surface area contributed by atoms with Crippen LogP contribution in [0, 0.1) is 0 Å². The number of Topliss-reactive ketones (excluding diaryl/α,β-unsaturated/α-hetero) is 1. The Labute approximate surface area is 171 Å². The summed E-state index contributed by atoms with van der Waals surface area (Å²) in [5.74, 6) is 0.739. The fourth-order valence-corrected chi connectivity index (χ4v) is 4.59. The summed E-state index contributed by atoms with van der Waals surface area (Å²) in [6, 6.07) is 17.8. The second kappa shape index (κ2) is 7.84. The first-order valence-electron chi connectivity index (χ1n) is 9.95. The van der Waals surface area contributed by atoms with Gasteiger partial charge in [0, 0.05) is 44.1 Å². The van der Waals surface area contributed by atoms with E-state index in [4.69, 9.17) is 4.74 Å². The Balaban J connectivity index is 1.81. The van der Waals surface area contributed by atoms with Crippen molar-refractivity contribution in [1.82, 2.24) is 10.0 Å². The van der Waals surface area contributed by atoms with E-state index >= 15 is 0 Å². The maximum Gasteiger partial charge on any atom is 0.242 e. The van der Waals surface area contributed by atoms with Gasteiger partial charge in [-0.3, -0.25) is 9.59 Å². The van der Waals surface area contributed by atoms with Crippen LogP contribution in [0.3, 0.4) is 0 Å². The van der Waals surface area contributed by atoms with Crippen LogP contribution in [-0.2, 0) is 9.59 Å². The third-order valence-corrected chi connectivity index (χ3v) is 5.87. The largest absolute Gasteiger partial charge is 0.497 e. The zero-order valence-corrected chi connectivity index (χ0v) is 17.1. The molecule has 150 valence electrons. The molecule has 0 bridgehead atoms. The van der Waals surface area contributed by atoms with E-state index in [1.165, 1.54) is 0 Å². The van der Waals surface area contributed by atoms with Crippen LogP contribution in [0.25, 0.3) is 0 Å². The van der Waals surface area contributed by atoms with Gasteiger partial charge in [0.1, 0.15) is 5.75 Å². The third kappa shape index (κ3) is 3.58. The molecule has 2 aromatic rings. The molecule has 1 amide bonds. The van der Waals surface area contributed by atoms with Crippen LogP contribution in [0.2, 0.25) is 0 Å². The minimum atomic E-state index is -0.229. The van der Waals surface area contributed by atoms with Crippen molar-refractivity contribution in [3.05, 3.63) is 77.0 Å². The SMILES string of the molecule is COc1cccc([C@H]2CC(=O)N(N(C)C)C3=C2C(=O)C[C@H](c2ccccc2)C3)c1. The quantitative estimate of drug-likeness (QED) is 0.795. The molecule has 5 nitrogen and oxygen atoms in total. The number of nitrogens with zero attached hydrogens (tertiary/aromatic N) is 2. The molecule has 1 aliphatic heterocycles. The third-order valence-electron chi connectivity index (χ3n) is 5.87. The van der Waals surface area contributed by atoms with Crippen molar-refractivity contribution in [3.8, 4) is 5.75 Å². The number of hydrogen-bond acceptors (Lipinski definition) is 4. The number of carbonyl (C=O) groups is 2. The number of benzene rings is 2. The first-order chi connectivity index (χ1) is 14.0. The van der Waals surface area contributed by atoms with Crippen LogP contribution in [-0.4, -0.2) is 42.9 Å². The number of rotatable bonds is 4. The molecule has 5 heteroatoms. The summed E-state index contributed by atoms with van der Waals surface area (Å²) in [4.78, 5) is 26.5. The minimum Gasteiger partial charge on any atom is -0.497 e. The van der Waals surface area contributed by atoms with Crippen LogP contribution in [0.4, 0.5) is 0 Å². The average molecular weight is 390 g/mol. The number of hydrazine groups is 1. The lowest BCUT2D eigenvalue weighted by molar-refractivity contribution is -0.143. The summed E-state index contributed by atoms with van der Waals surface area (Å²) < 4.78 is 5.37. The zero-order chi connectivity index (χ0) is 20.5. The molecular weight excluding hydrogens is 364 g/mol. The van der Waals surface area contributed by atoms with E-state index in [2.05, 4.69) is 12.1 Å². The maximum absolute atomic E-state index is 13.4. The number of carbonyl (C=O) groups excluding carboxylic acids is 2. The highest BCUT2D eigenvalue weighted by molar-refractivity contribution is 6.02. The Morgan fingerprint density at radius 1 is 0.931 bits per heavy atom. The van der Waals surface area contributed by atoms with E-state index in [9.17, 15) is 9.59 Å². The highest BCUT2D eigenvalue weighted by Gasteiger charge is 2.42. The van der Waals surface area contributed by atoms with Gasteiger partial charge < -0.3 is 4.74 Å². The fourth-order valence-electron chi connectivity index (χ4n) is 4.59. The minimum absolute atomic E-state index is 0.0167. The first-order valence-corrected chi connectivity index (χ1v) is 9.95. The molecule has 0 fully saturated rings. The summed E-state index contributed by atoms with van der Waals surface area (Å²) in [5.41, 5.74) is 3.71. The number of amides is 1. The molecule has 2 aromatic carbocycles. The van der Waals surface area contributed by atoms with Crippen molar-refractivity contribution >= 4 is 11.7 Å². The molecule has 0 saturated carbocycles. The zero-order valence-electron chi connectivity index (χ0n) is 17.1. The predicted molar refractivity (Wildman–Crippen MR) is 111 cm³/mol. The monoisotopic (exact) mass is 390 g/mol. The summed E-state index contributed by atoms with van der Waals surface area (Å²) in [6.07, 6.45) is 1.43. The maximum atomic E-state index is 13.4. The summed E-state index contributed by atoms with van der Waals surface area (Å²) in [5, 5.41) is 3.49. The summed E-state index contributed by atoms with van der Waals surface area (Å²) >= 11 is 0. The molecule has 2 atom stereocenters. The molecule has 0 radical (unpaired) electrons. The van der Waals surface area contributed by atoms with Gasteiger partial charge in [0.15, 0.2) is 5.78 Å². The van der Waals surface area contributed by atoms with Crippen LogP contribution in [0.1, 0.15) is 42.2 Å². The van der Waals surface area contributed by atoms with Crippen LogP contribution in [0.15, 0.2) is 65.9 Å². The Bertz CT molecular complexity index is 965. The number of hydrogen-bond donors (Lipinski definition) is 0. The molecule has 0 aromatic heterocycles. The second-order valence-electron chi connectivity index (χ2n) is 7.89. The molecule has 0 saturated heterocycles. The molecule has 4 rings (SSSR count). The standard InChI is InChI=1S/C24H26N2O3/c1-25(2)26-21-13-18(16-8-5-4-6-9-16)14-22(27)24(21)20(15-23(26)28)17-10-7-11-19(12-17)29-3/h4-12,18,20H,13-15H2,1-3H3/t18-,20-/m1/s1. The van der Waals surface area contributed by atoms with Gasteiger partial charge in [-0.05, 0) is 35.6 Å². The van der Waals surface area contributed by atoms with Gasteiger partial charge >= 0.3 is 0 Å². The van der Waals surface area contributed by atoms with E-state index in [-0.39, 0.29) is 29.9 Å². The molecule has 0 N–H and O–H groups in total. The van der Waals surface area contributed by atoms with Gasteiger partial charge in [-0.15, -0.1) is 0 Å². The van der Waals surface area contributed by atoms with E-state index in [0.717, 1.165) is 28.1 Å². The molecule has 0 spiro atoms. The van der Waals surface area contributed by atoms with Gasteiger partial charge in [-0.25, -0.2) is 10.0 Å². The highest BCUT2D eigenvalue weighted by atomic mass is 16.5. The Morgan fingerprint density at radius 3 is 2.34 bits per heavy atom. The summed E-state index contributed by atoms with van der Waals surface area (Å²) in [6.45, 7) is 0. The van der Waals surface area contributed by atoms with Gasteiger partial charge in [0.25, 0.3) is 0 Å². The highest BCUT2D eigenvalue weighted by Crippen LogP contribution is 2.46. The average Bonchev–Trinajstić information content (AvgIpc) is 2.73. The van der Waals surface area contributed by atoms with Gasteiger partial charge in [0.05, 0.1) is 7.11 Å². The molecular formula is C24H26N2O3. The fraction of sp³-hybridized carbons (Fsp3) is 0.333. The molecule has 2 aliphatic rings. The Hall–Kier alpha value is -2.92. The number of methoxy groups -OCH3 is 1. The molecule has 0 unspecified atom stereocenters. The van der Waals surface area contributed by atoms with Crippen molar-refractivity contribution in [2.24, 2.45) is 0 Å². The van der Waals surface area contributed by atoms with Crippen LogP contribution in [0.5, 0.6) is 5.75 Å². The van der Waals surface area contributed by atoms with Crippen molar-refractivity contribution in [1.29, 1.82) is 0 Å². The van der Waals surface area contributed by atoms with Crippen molar-refractivity contribution in [2.75, 3.05) is 21.2 Å². The lowest BCUT2D eigenvalue weighted by Gasteiger charge is -2.42. The van der Waals surface area contributed by atoms with Gasteiger partial charge in [0.2, 0.25) is 5.91 Å². The molecule has 29 heavy (non-hydrogen) atoms. The summed E-state index contributed by atoms with van der Waals surface area (Å²) in [7, 11) is 5.33. The van der Waals surface area contributed by atoms with E-state index in [0.29, 0.717) is 12.8 Å². The lowest BCUT2D eigenvalue weighted by Crippen LogP contribution is -2.47. The van der Waals surface area contributed by atoms with E-state index < -0.39 is 0 Å². The van der Waals surface area contributed by atoms with E-state index in [1.807, 2.05) is 56.6 Å². The van der Waals surface area contributed by atoms with Gasteiger partial charge in [-0.1, -0.05) is 42.5 Å². The normalized spacial score (nSPS) is 22.1. The molecule has 1 aliphatic carbocycles. The second-order valence-corrected chi connectivity index (χ2v) is 7.89. The van der Waals surface area contributed by atoms with Crippen LogP contribution < -0.4 is 4.74 Å². The number of ketones is 1. The predicted octanol–water partition coefficient (Wildman–Crippen LogP) is 3.89. The Morgan fingerprint density at radius 2 is 1.66 bits per heavy atom. The smallest absolute Gasteiger partial charge is 0.242 e. The first kappa shape index (κ1) is 19.4. The molecule has 1 heterocycles. The van der Waals surface area contributed by atoms with Crippen molar-refractivity contribution in [2.45, 2.75) is 31.1 Å². The lowest BCUT2D eigenvalue weighted by atomic mass is 9.73. The van der Waals surface area contributed by atoms with Crippen molar-refractivity contribution in [3.63, 3.8) is 0 Å². The topological polar surface area (TPSA) is 49.9 Å². The number of ether oxygens (including phenoxy) is 1. The van der Waals surface area contributed by atoms with Crippen LogP contribution >= 0.6 is 0 Å². The number of allylic oxidation sites excluding steroid dienone is 2. The van der Waals surface area contributed by atoms with Crippen molar-refractivity contribution < 1.29 is 14.3 Å². The van der Waals surface area contributed by atoms with Gasteiger partial charge in [-0.2, -0.15) is 0 Å².